The minimum Gasteiger partial charge on any atom is -0.497 e. The molecule has 0 amide bonds. The summed E-state index contributed by atoms with van der Waals surface area (Å²) in [6, 6.07) is 15.0. The van der Waals surface area contributed by atoms with E-state index in [-0.39, 0.29) is 0 Å². The SMILES string of the molecule is CCN(CC)c1ccc2cc(C=Nc3ccc(OC)cc3)c(=O)oc2c1. The number of aliphatic imine (C=N–C) groups is 1. The second-order valence-corrected chi connectivity index (χ2v) is 5.84. The maximum atomic E-state index is 12.3. The van der Waals surface area contributed by atoms with Crippen molar-refractivity contribution < 1.29 is 9.15 Å². The van der Waals surface area contributed by atoms with E-state index in [1.807, 2.05) is 42.5 Å². The van der Waals surface area contributed by atoms with Crippen LogP contribution in [-0.2, 0) is 0 Å². The molecule has 3 rings (SSSR count). The minimum absolute atomic E-state index is 0.397. The predicted molar refractivity (Wildman–Crippen MR) is 106 cm³/mol. The van der Waals surface area contributed by atoms with Crippen LogP contribution < -0.4 is 15.3 Å². The molecular formula is C21H22N2O3. The Balaban J connectivity index is 1.91. The van der Waals surface area contributed by atoms with Gasteiger partial charge in [0.1, 0.15) is 11.3 Å². The molecule has 0 bridgehead atoms. The molecule has 0 atom stereocenters. The molecule has 2 aromatic carbocycles. The molecule has 3 aromatic rings. The van der Waals surface area contributed by atoms with Gasteiger partial charge in [0.2, 0.25) is 0 Å². The standard InChI is InChI=1S/C21H22N2O3/c1-4-23(5-2)18-9-6-15-12-16(21(24)26-20(15)13-18)14-22-17-7-10-19(25-3)11-8-17/h6-14H,4-5H2,1-3H3. The van der Waals surface area contributed by atoms with Crippen molar-refractivity contribution in [2.45, 2.75) is 13.8 Å². The zero-order chi connectivity index (χ0) is 18.5. The smallest absolute Gasteiger partial charge is 0.345 e. The summed E-state index contributed by atoms with van der Waals surface area (Å²) < 4.78 is 10.6. The van der Waals surface area contributed by atoms with Crippen LogP contribution in [0, 0.1) is 0 Å². The lowest BCUT2D eigenvalue weighted by molar-refractivity contribution is 0.415. The summed E-state index contributed by atoms with van der Waals surface area (Å²) in [4.78, 5) is 18.8. The van der Waals surface area contributed by atoms with E-state index in [1.54, 1.807) is 13.2 Å². The van der Waals surface area contributed by atoms with E-state index in [2.05, 4.69) is 23.7 Å². The van der Waals surface area contributed by atoms with Gasteiger partial charge in [-0.2, -0.15) is 0 Å². The van der Waals surface area contributed by atoms with Crippen LogP contribution in [0.1, 0.15) is 19.4 Å². The highest BCUT2D eigenvalue weighted by atomic mass is 16.5. The number of nitrogens with zero attached hydrogens (tertiary/aromatic N) is 2. The number of fused-ring (bicyclic) bond motifs is 1. The van der Waals surface area contributed by atoms with Crippen LogP contribution in [0.5, 0.6) is 5.75 Å². The lowest BCUT2D eigenvalue weighted by atomic mass is 10.1. The first-order chi connectivity index (χ1) is 12.6. The predicted octanol–water partition coefficient (Wildman–Crippen LogP) is 4.40. The summed E-state index contributed by atoms with van der Waals surface area (Å²) in [5.41, 5.74) is 2.39. The fourth-order valence-corrected chi connectivity index (χ4v) is 2.80. The van der Waals surface area contributed by atoms with Gasteiger partial charge in [-0.3, -0.25) is 4.99 Å². The summed E-state index contributed by atoms with van der Waals surface area (Å²) in [5, 5.41) is 0.872. The Labute approximate surface area is 152 Å². The first kappa shape index (κ1) is 17.7. The number of hydrogen-bond donors (Lipinski definition) is 0. The summed E-state index contributed by atoms with van der Waals surface area (Å²) in [7, 11) is 1.62. The number of anilines is 1. The van der Waals surface area contributed by atoms with Gasteiger partial charge in [-0.25, -0.2) is 4.79 Å². The fraction of sp³-hybridized carbons (Fsp3) is 0.238. The van der Waals surface area contributed by atoms with Crippen LogP contribution in [0.25, 0.3) is 11.0 Å². The van der Waals surface area contributed by atoms with Crippen molar-refractivity contribution in [2.24, 2.45) is 4.99 Å². The van der Waals surface area contributed by atoms with Crippen molar-refractivity contribution in [2.75, 3.05) is 25.1 Å². The minimum atomic E-state index is -0.397. The second-order valence-electron chi connectivity index (χ2n) is 5.84. The summed E-state index contributed by atoms with van der Waals surface area (Å²) in [6.07, 6.45) is 1.53. The van der Waals surface area contributed by atoms with E-state index >= 15 is 0 Å². The Morgan fingerprint density at radius 3 is 2.46 bits per heavy atom. The van der Waals surface area contributed by atoms with Crippen LogP contribution in [-0.4, -0.2) is 26.4 Å². The van der Waals surface area contributed by atoms with E-state index in [4.69, 9.17) is 9.15 Å². The average Bonchev–Trinajstić information content (AvgIpc) is 2.67. The summed E-state index contributed by atoms with van der Waals surface area (Å²) >= 11 is 0. The van der Waals surface area contributed by atoms with E-state index in [0.29, 0.717) is 11.1 Å². The van der Waals surface area contributed by atoms with E-state index in [0.717, 1.165) is 35.6 Å². The molecule has 5 heteroatoms. The van der Waals surface area contributed by atoms with Gasteiger partial charge in [-0.15, -0.1) is 0 Å². The Morgan fingerprint density at radius 1 is 1.08 bits per heavy atom. The highest BCUT2D eigenvalue weighted by Crippen LogP contribution is 2.22. The molecule has 0 saturated carbocycles. The van der Waals surface area contributed by atoms with Gasteiger partial charge in [0.25, 0.3) is 0 Å². The highest BCUT2D eigenvalue weighted by Gasteiger charge is 2.07. The monoisotopic (exact) mass is 350 g/mol. The molecule has 0 N–H and O–H groups in total. The first-order valence-corrected chi connectivity index (χ1v) is 8.65. The molecule has 1 heterocycles. The molecule has 0 aliphatic heterocycles. The average molecular weight is 350 g/mol. The van der Waals surface area contributed by atoms with Crippen molar-refractivity contribution in [3.63, 3.8) is 0 Å². The number of hydrogen-bond acceptors (Lipinski definition) is 5. The van der Waals surface area contributed by atoms with Crippen LogP contribution in [0.15, 0.2) is 62.7 Å². The molecule has 0 spiro atoms. The van der Waals surface area contributed by atoms with Gasteiger partial charge in [-0.05, 0) is 56.3 Å². The van der Waals surface area contributed by atoms with Crippen LogP contribution in [0.4, 0.5) is 11.4 Å². The fourth-order valence-electron chi connectivity index (χ4n) is 2.80. The quantitative estimate of drug-likeness (QED) is 0.488. The molecule has 0 aliphatic carbocycles. The Morgan fingerprint density at radius 2 is 1.81 bits per heavy atom. The molecule has 0 aliphatic rings. The van der Waals surface area contributed by atoms with Gasteiger partial charge in [0, 0.05) is 36.4 Å². The third-order valence-electron chi connectivity index (χ3n) is 4.30. The zero-order valence-corrected chi connectivity index (χ0v) is 15.2. The van der Waals surface area contributed by atoms with Crippen LogP contribution in [0.3, 0.4) is 0 Å². The summed E-state index contributed by atoms with van der Waals surface area (Å²) in [6.45, 7) is 6.00. The normalized spacial score (nSPS) is 11.2. The topological polar surface area (TPSA) is 55.0 Å². The van der Waals surface area contributed by atoms with E-state index in [9.17, 15) is 4.79 Å². The lowest BCUT2D eigenvalue weighted by Crippen LogP contribution is -2.21. The first-order valence-electron chi connectivity index (χ1n) is 8.65. The van der Waals surface area contributed by atoms with Gasteiger partial charge in [0.05, 0.1) is 18.4 Å². The summed E-state index contributed by atoms with van der Waals surface area (Å²) in [5.74, 6) is 0.762. The van der Waals surface area contributed by atoms with Gasteiger partial charge in [0.15, 0.2) is 0 Å². The number of rotatable bonds is 6. The third-order valence-corrected chi connectivity index (χ3v) is 4.30. The van der Waals surface area contributed by atoms with Crippen molar-refractivity contribution >= 4 is 28.6 Å². The molecule has 134 valence electrons. The Kier molecular flexibility index (Phi) is 5.37. The van der Waals surface area contributed by atoms with Crippen LogP contribution >= 0.6 is 0 Å². The lowest BCUT2D eigenvalue weighted by Gasteiger charge is -2.20. The molecule has 1 aromatic heterocycles. The van der Waals surface area contributed by atoms with Crippen molar-refractivity contribution in [3.8, 4) is 5.75 Å². The van der Waals surface area contributed by atoms with Crippen LogP contribution in [0.2, 0.25) is 0 Å². The van der Waals surface area contributed by atoms with E-state index < -0.39 is 5.63 Å². The van der Waals surface area contributed by atoms with Crippen molar-refractivity contribution in [1.29, 1.82) is 0 Å². The number of benzene rings is 2. The Bertz CT molecular complexity index is 971. The maximum absolute atomic E-state index is 12.3. The van der Waals surface area contributed by atoms with Crippen molar-refractivity contribution in [1.82, 2.24) is 0 Å². The molecular weight excluding hydrogens is 328 g/mol. The maximum Gasteiger partial charge on any atom is 0.345 e. The van der Waals surface area contributed by atoms with Gasteiger partial charge < -0.3 is 14.1 Å². The molecule has 0 saturated heterocycles. The molecule has 26 heavy (non-hydrogen) atoms. The third kappa shape index (κ3) is 3.77. The zero-order valence-electron chi connectivity index (χ0n) is 15.2. The molecule has 0 fully saturated rings. The van der Waals surface area contributed by atoms with Crippen molar-refractivity contribution in [3.05, 3.63) is 64.5 Å². The molecule has 0 radical (unpaired) electrons. The Hall–Kier alpha value is -3.08. The largest absolute Gasteiger partial charge is 0.497 e. The van der Waals surface area contributed by atoms with Gasteiger partial charge in [-0.1, -0.05) is 0 Å². The van der Waals surface area contributed by atoms with E-state index in [1.165, 1.54) is 6.21 Å². The highest BCUT2D eigenvalue weighted by molar-refractivity contribution is 5.88. The number of methoxy groups -OCH3 is 1. The van der Waals surface area contributed by atoms with Gasteiger partial charge >= 0.3 is 5.63 Å². The molecule has 5 nitrogen and oxygen atoms in total. The second kappa shape index (κ2) is 7.87. The molecule has 0 unspecified atom stereocenters. The number of ether oxygens (including phenoxy) is 1.